The molecule has 1 atom stereocenters. The van der Waals surface area contributed by atoms with E-state index in [9.17, 15) is 0 Å². The average molecular weight is 191 g/mol. The number of terminal acetylenes is 1. The van der Waals surface area contributed by atoms with Crippen molar-refractivity contribution in [2.75, 3.05) is 6.54 Å². The van der Waals surface area contributed by atoms with Gasteiger partial charge < -0.3 is 5.32 Å². The predicted molar refractivity (Wildman–Crippen MR) is 57.7 cm³/mol. The number of aromatic nitrogens is 2. The second-order valence-corrected chi connectivity index (χ2v) is 3.36. The molecular formula is C11H17N3. The average Bonchev–Trinajstić information content (AvgIpc) is 2.59. The van der Waals surface area contributed by atoms with Gasteiger partial charge in [-0.05, 0) is 13.0 Å². The van der Waals surface area contributed by atoms with Gasteiger partial charge in [0.15, 0.2) is 0 Å². The summed E-state index contributed by atoms with van der Waals surface area (Å²) in [5.74, 6) is 2.68. The first kappa shape index (κ1) is 10.8. The second-order valence-electron chi connectivity index (χ2n) is 3.36. The number of rotatable bonds is 5. The lowest BCUT2D eigenvalue weighted by molar-refractivity contribution is 0.542. The van der Waals surface area contributed by atoms with Gasteiger partial charge in [-0.15, -0.1) is 12.3 Å². The maximum absolute atomic E-state index is 5.33. The summed E-state index contributed by atoms with van der Waals surface area (Å²) in [6, 6.07) is 0.244. The Balaban J connectivity index is 2.63. The molecule has 3 nitrogen and oxygen atoms in total. The van der Waals surface area contributed by atoms with Crippen molar-refractivity contribution in [2.45, 2.75) is 25.8 Å². The Labute approximate surface area is 85.5 Å². The molecule has 0 saturated heterocycles. The van der Waals surface area contributed by atoms with E-state index in [-0.39, 0.29) is 6.04 Å². The summed E-state index contributed by atoms with van der Waals surface area (Å²) >= 11 is 0. The molecule has 1 heterocycles. The molecule has 1 aromatic heterocycles. The van der Waals surface area contributed by atoms with Crippen LogP contribution in [0.5, 0.6) is 0 Å². The number of aryl methyl sites for hydroxylation is 1. The molecule has 0 aromatic carbocycles. The van der Waals surface area contributed by atoms with Crippen LogP contribution in [0.4, 0.5) is 0 Å². The highest BCUT2D eigenvalue weighted by atomic mass is 15.2. The first-order valence-electron chi connectivity index (χ1n) is 4.93. The van der Waals surface area contributed by atoms with E-state index in [1.807, 2.05) is 19.4 Å². The standard InChI is InChI=1S/C11H17N3/c1-4-6-11(12-7-5-2)10-8-13-14(3)9-10/h1,8-9,11-12H,5-7H2,2-3H3. The monoisotopic (exact) mass is 191 g/mol. The molecule has 3 heteroatoms. The largest absolute Gasteiger partial charge is 0.309 e. The lowest BCUT2D eigenvalue weighted by Crippen LogP contribution is -2.21. The normalized spacial score (nSPS) is 12.4. The highest BCUT2D eigenvalue weighted by Gasteiger charge is 2.10. The van der Waals surface area contributed by atoms with Crippen LogP contribution in [0.15, 0.2) is 12.4 Å². The van der Waals surface area contributed by atoms with Gasteiger partial charge in [0.05, 0.1) is 6.20 Å². The summed E-state index contributed by atoms with van der Waals surface area (Å²) < 4.78 is 1.80. The number of nitrogens with one attached hydrogen (secondary N) is 1. The van der Waals surface area contributed by atoms with Crippen LogP contribution in [0.3, 0.4) is 0 Å². The fourth-order valence-electron chi connectivity index (χ4n) is 1.36. The summed E-state index contributed by atoms with van der Waals surface area (Å²) in [6.07, 6.45) is 11.0. The summed E-state index contributed by atoms with van der Waals surface area (Å²) in [4.78, 5) is 0. The van der Waals surface area contributed by atoms with E-state index in [2.05, 4.69) is 23.3 Å². The van der Waals surface area contributed by atoms with Crippen molar-refractivity contribution >= 4 is 0 Å². The van der Waals surface area contributed by atoms with E-state index >= 15 is 0 Å². The lowest BCUT2D eigenvalue weighted by Gasteiger charge is -2.13. The van der Waals surface area contributed by atoms with Crippen molar-refractivity contribution in [3.05, 3.63) is 18.0 Å². The van der Waals surface area contributed by atoms with Crippen molar-refractivity contribution in [1.29, 1.82) is 0 Å². The predicted octanol–water partition coefficient (Wildman–Crippen LogP) is 1.48. The van der Waals surface area contributed by atoms with Crippen molar-refractivity contribution in [3.63, 3.8) is 0 Å². The van der Waals surface area contributed by atoms with Crippen molar-refractivity contribution in [1.82, 2.24) is 15.1 Å². The molecule has 14 heavy (non-hydrogen) atoms. The van der Waals surface area contributed by atoms with E-state index in [4.69, 9.17) is 6.42 Å². The SMILES string of the molecule is C#CCC(NCCC)c1cnn(C)c1. The summed E-state index contributed by atoms with van der Waals surface area (Å²) in [6.45, 7) is 3.13. The topological polar surface area (TPSA) is 29.9 Å². The van der Waals surface area contributed by atoms with Crippen LogP contribution in [-0.2, 0) is 7.05 Å². The van der Waals surface area contributed by atoms with Gasteiger partial charge in [0.1, 0.15) is 0 Å². The molecule has 0 radical (unpaired) electrons. The molecule has 0 amide bonds. The number of hydrogen-bond acceptors (Lipinski definition) is 2. The third-order valence-corrected chi connectivity index (χ3v) is 2.09. The molecule has 1 rings (SSSR count). The van der Waals surface area contributed by atoms with Crippen LogP contribution in [0.2, 0.25) is 0 Å². The van der Waals surface area contributed by atoms with Gasteiger partial charge in [0.2, 0.25) is 0 Å². The minimum Gasteiger partial charge on any atom is -0.309 e. The van der Waals surface area contributed by atoms with Crippen LogP contribution in [0.25, 0.3) is 0 Å². The smallest absolute Gasteiger partial charge is 0.0537 e. The van der Waals surface area contributed by atoms with Crippen LogP contribution >= 0.6 is 0 Å². The second kappa shape index (κ2) is 5.46. The fourth-order valence-corrected chi connectivity index (χ4v) is 1.36. The summed E-state index contributed by atoms with van der Waals surface area (Å²) in [5.41, 5.74) is 1.17. The molecule has 0 aliphatic rings. The molecule has 76 valence electrons. The molecule has 0 aliphatic heterocycles. The van der Waals surface area contributed by atoms with Gasteiger partial charge in [-0.2, -0.15) is 5.10 Å². The first-order chi connectivity index (χ1) is 6.77. The van der Waals surface area contributed by atoms with Crippen molar-refractivity contribution in [2.24, 2.45) is 7.05 Å². The highest BCUT2D eigenvalue weighted by molar-refractivity contribution is 5.13. The van der Waals surface area contributed by atoms with Gasteiger partial charge in [-0.25, -0.2) is 0 Å². The van der Waals surface area contributed by atoms with E-state index < -0.39 is 0 Å². The minimum atomic E-state index is 0.244. The third kappa shape index (κ3) is 2.90. The highest BCUT2D eigenvalue weighted by Crippen LogP contribution is 2.14. The number of hydrogen-bond donors (Lipinski definition) is 1. The Hall–Kier alpha value is -1.27. The molecular weight excluding hydrogens is 174 g/mol. The number of nitrogens with zero attached hydrogens (tertiary/aromatic N) is 2. The van der Waals surface area contributed by atoms with Gasteiger partial charge in [0.25, 0.3) is 0 Å². The third-order valence-electron chi connectivity index (χ3n) is 2.09. The molecule has 0 saturated carbocycles. The van der Waals surface area contributed by atoms with Gasteiger partial charge in [-0.3, -0.25) is 4.68 Å². The van der Waals surface area contributed by atoms with E-state index in [1.54, 1.807) is 4.68 Å². The summed E-state index contributed by atoms with van der Waals surface area (Å²) in [5, 5.41) is 7.54. The van der Waals surface area contributed by atoms with Crippen LogP contribution in [0.1, 0.15) is 31.4 Å². The molecule has 0 spiro atoms. The zero-order valence-corrected chi connectivity index (χ0v) is 8.83. The quantitative estimate of drug-likeness (QED) is 0.714. The maximum Gasteiger partial charge on any atom is 0.0537 e. The van der Waals surface area contributed by atoms with Crippen LogP contribution in [-0.4, -0.2) is 16.3 Å². The molecule has 0 aliphatic carbocycles. The molecule has 0 bridgehead atoms. The van der Waals surface area contributed by atoms with Gasteiger partial charge in [-0.1, -0.05) is 6.92 Å². The Morgan fingerprint density at radius 3 is 3.00 bits per heavy atom. The Kier molecular flexibility index (Phi) is 4.21. The minimum absolute atomic E-state index is 0.244. The molecule has 1 unspecified atom stereocenters. The lowest BCUT2D eigenvalue weighted by atomic mass is 10.1. The molecule has 0 fully saturated rings. The van der Waals surface area contributed by atoms with Gasteiger partial charge >= 0.3 is 0 Å². The zero-order valence-electron chi connectivity index (χ0n) is 8.83. The van der Waals surface area contributed by atoms with Crippen LogP contribution in [0, 0.1) is 12.3 Å². The van der Waals surface area contributed by atoms with Gasteiger partial charge in [0, 0.05) is 31.3 Å². The zero-order chi connectivity index (χ0) is 10.4. The fraction of sp³-hybridized carbons (Fsp3) is 0.545. The van der Waals surface area contributed by atoms with Crippen molar-refractivity contribution in [3.8, 4) is 12.3 Å². The van der Waals surface area contributed by atoms with E-state index in [0.717, 1.165) is 13.0 Å². The van der Waals surface area contributed by atoms with E-state index in [0.29, 0.717) is 6.42 Å². The first-order valence-corrected chi connectivity index (χ1v) is 4.93. The van der Waals surface area contributed by atoms with Crippen LogP contribution < -0.4 is 5.32 Å². The Morgan fingerprint density at radius 2 is 2.50 bits per heavy atom. The molecule has 1 N–H and O–H groups in total. The van der Waals surface area contributed by atoms with E-state index in [1.165, 1.54) is 5.56 Å². The Bertz CT molecular complexity index is 309. The molecule has 1 aromatic rings. The Morgan fingerprint density at radius 1 is 1.71 bits per heavy atom. The maximum atomic E-state index is 5.33. The summed E-state index contributed by atoms with van der Waals surface area (Å²) in [7, 11) is 1.91. The van der Waals surface area contributed by atoms with Crippen molar-refractivity contribution < 1.29 is 0 Å².